The standard InChI is InChI=1S/C17H15FN4O/c18-15-13-21(11-12-22(15)17-19-9-4-10-20-17)16(23)8-7-14-5-2-1-3-6-14/h1-6,9-10,15H,11-13H2. The highest BCUT2D eigenvalue weighted by Gasteiger charge is 2.30. The van der Waals surface area contributed by atoms with Crippen LogP contribution in [-0.4, -0.2) is 46.7 Å². The molecule has 0 N–H and O–H groups in total. The van der Waals surface area contributed by atoms with E-state index < -0.39 is 6.30 Å². The Morgan fingerprint density at radius 2 is 1.87 bits per heavy atom. The maximum absolute atomic E-state index is 14.3. The van der Waals surface area contributed by atoms with Crippen LogP contribution < -0.4 is 4.90 Å². The second kappa shape index (κ2) is 6.88. The summed E-state index contributed by atoms with van der Waals surface area (Å²) in [5.41, 5.74) is 0.758. The molecule has 1 amide bonds. The predicted molar refractivity (Wildman–Crippen MR) is 84.2 cm³/mol. The molecule has 3 rings (SSSR count). The molecule has 0 aliphatic carbocycles. The molecular formula is C17H15FN4O. The predicted octanol–water partition coefficient (Wildman–Crippen LogP) is 1.47. The van der Waals surface area contributed by atoms with E-state index in [4.69, 9.17) is 0 Å². The summed E-state index contributed by atoms with van der Waals surface area (Å²) in [6, 6.07) is 10.9. The molecule has 1 atom stereocenters. The van der Waals surface area contributed by atoms with Crippen molar-refractivity contribution >= 4 is 11.9 Å². The van der Waals surface area contributed by atoms with Gasteiger partial charge >= 0.3 is 0 Å². The lowest BCUT2D eigenvalue weighted by Crippen LogP contribution is -2.53. The molecule has 23 heavy (non-hydrogen) atoms. The zero-order valence-electron chi connectivity index (χ0n) is 12.4. The zero-order valence-corrected chi connectivity index (χ0v) is 12.4. The number of hydrogen-bond donors (Lipinski definition) is 0. The van der Waals surface area contributed by atoms with Crippen molar-refractivity contribution in [3.05, 3.63) is 54.4 Å². The smallest absolute Gasteiger partial charge is 0.299 e. The Kier molecular flexibility index (Phi) is 4.48. The van der Waals surface area contributed by atoms with Crippen molar-refractivity contribution in [2.75, 3.05) is 24.5 Å². The molecule has 1 saturated heterocycles. The number of amides is 1. The summed E-state index contributed by atoms with van der Waals surface area (Å²) < 4.78 is 14.3. The third kappa shape index (κ3) is 3.64. The van der Waals surface area contributed by atoms with Gasteiger partial charge in [-0.25, -0.2) is 14.4 Å². The number of carbonyl (C=O) groups is 1. The second-order valence-electron chi connectivity index (χ2n) is 5.04. The summed E-state index contributed by atoms with van der Waals surface area (Å²) >= 11 is 0. The fourth-order valence-electron chi connectivity index (χ4n) is 2.32. The molecule has 0 radical (unpaired) electrons. The second-order valence-corrected chi connectivity index (χ2v) is 5.04. The Bertz CT molecular complexity index is 727. The number of halogens is 1. The van der Waals surface area contributed by atoms with Crippen LogP contribution in [0.2, 0.25) is 0 Å². The molecular weight excluding hydrogens is 295 g/mol. The highest BCUT2D eigenvalue weighted by molar-refractivity contribution is 5.94. The summed E-state index contributed by atoms with van der Waals surface area (Å²) in [6.07, 6.45) is 1.80. The first-order chi connectivity index (χ1) is 11.2. The van der Waals surface area contributed by atoms with Gasteiger partial charge in [0.05, 0.1) is 6.54 Å². The van der Waals surface area contributed by atoms with Gasteiger partial charge in [-0.15, -0.1) is 0 Å². The summed E-state index contributed by atoms with van der Waals surface area (Å²) in [7, 11) is 0. The molecule has 116 valence electrons. The molecule has 5 nitrogen and oxygen atoms in total. The first-order valence-corrected chi connectivity index (χ1v) is 7.28. The maximum atomic E-state index is 14.3. The van der Waals surface area contributed by atoms with Gasteiger partial charge in [-0.3, -0.25) is 4.79 Å². The van der Waals surface area contributed by atoms with Crippen LogP contribution in [0.15, 0.2) is 48.8 Å². The molecule has 1 unspecified atom stereocenters. The topological polar surface area (TPSA) is 49.3 Å². The van der Waals surface area contributed by atoms with Crippen LogP contribution in [-0.2, 0) is 4.79 Å². The Morgan fingerprint density at radius 3 is 2.57 bits per heavy atom. The van der Waals surface area contributed by atoms with Crippen molar-refractivity contribution in [3.8, 4) is 11.8 Å². The van der Waals surface area contributed by atoms with Crippen LogP contribution in [0.4, 0.5) is 10.3 Å². The van der Waals surface area contributed by atoms with E-state index in [-0.39, 0.29) is 12.5 Å². The van der Waals surface area contributed by atoms with Gasteiger partial charge in [0.15, 0.2) is 6.30 Å². The number of rotatable bonds is 1. The largest absolute Gasteiger partial charge is 0.325 e. The van der Waals surface area contributed by atoms with Gasteiger partial charge in [0.1, 0.15) is 0 Å². The lowest BCUT2D eigenvalue weighted by atomic mass is 10.2. The summed E-state index contributed by atoms with van der Waals surface area (Å²) in [5, 5.41) is 0. The van der Waals surface area contributed by atoms with Gasteiger partial charge in [0.2, 0.25) is 5.95 Å². The summed E-state index contributed by atoms with van der Waals surface area (Å²) in [5.74, 6) is 5.33. The van der Waals surface area contributed by atoms with E-state index in [1.807, 2.05) is 30.3 Å². The third-order valence-corrected chi connectivity index (χ3v) is 3.50. The van der Waals surface area contributed by atoms with E-state index in [1.54, 1.807) is 18.5 Å². The van der Waals surface area contributed by atoms with Gasteiger partial charge in [0, 0.05) is 37.0 Å². The zero-order chi connectivity index (χ0) is 16.1. The molecule has 0 spiro atoms. The molecule has 1 fully saturated rings. The summed E-state index contributed by atoms with van der Waals surface area (Å²) in [6.45, 7) is 0.686. The van der Waals surface area contributed by atoms with Crippen LogP contribution >= 0.6 is 0 Å². The van der Waals surface area contributed by atoms with Gasteiger partial charge in [-0.05, 0) is 18.2 Å². The lowest BCUT2D eigenvalue weighted by molar-refractivity contribution is -0.126. The number of anilines is 1. The molecule has 2 aromatic rings. The minimum atomic E-state index is -1.34. The number of nitrogens with zero attached hydrogens (tertiary/aromatic N) is 4. The average Bonchev–Trinajstić information content (AvgIpc) is 2.61. The molecule has 1 aromatic carbocycles. The minimum Gasteiger partial charge on any atom is -0.325 e. The molecule has 1 aliphatic heterocycles. The molecule has 1 aliphatic rings. The minimum absolute atomic E-state index is 0.0411. The number of benzene rings is 1. The number of alkyl halides is 1. The van der Waals surface area contributed by atoms with Crippen molar-refractivity contribution < 1.29 is 9.18 Å². The van der Waals surface area contributed by atoms with E-state index in [0.717, 1.165) is 5.56 Å². The van der Waals surface area contributed by atoms with Crippen molar-refractivity contribution in [3.63, 3.8) is 0 Å². The van der Waals surface area contributed by atoms with Crippen molar-refractivity contribution in [1.82, 2.24) is 14.9 Å². The van der Waals surface area contributed by atoms with E-state index in [2.05, 4.69) is 21.8 Å². The summed E-state index contributed by atoms with van der Waals surface area (Å²) in [4.78, 5) is 23.0. The molecule has 0 bridgehead atoms. The molecule has 6 heteroatoms. The Balaban J connectivity index is 1.64. The number of aromatic nitrogens is 2. The van der Waals surface area contributed by atoms with Crippen molar-refractivity contribution in [2.24, 2.45) is 0 Å². The average molecular weight is 310 g/mol. The molecule has 0 saturated carbocycles. The van der Waals surface area contributed by atoms with Crippen molar-refractivity contribution in [2.45, 2.75) is 6.30 Å². The van der Waals surface area contributed by atoms with Gasteiger partial charge in [-0.2, -0.15) is 0 Å². The van der Waals surface area contributed by atoms with Gasteiger partial charge < -0.3 is 9.80 Å². The lowest BCUT2D eigenvalue weighted by Gasteiger charge is -2.36. The maximum Gasteiger partial charge on any atom is 0.299 e. The first kappa shape index (κ1) is 15.0. The highest BCUT2D eigenvalue weighted by Crippen LogP contribution is 2.16. The van der Waals surface area contributed by atoms with Gasteiger partial charge in [-0.1, -0.05) is 24.1 Å². The highest BCUT2D eigenvalue weighted by atomic mass is 19.1. The normalized spacial score (nSPS) is 17.3. The van der Waals surface area contributed by atoms with E-state index in [0.29, 0.717) is 19.0 Å². The SMILES string of the molecule is O=C(C#Cc1ccccc1)N1CCN(c2ncccn2)C(F)C1. The Labute approximate surface area is 133 Å². The Morgan fingerprint density at radius 1 is 1.13 bits per heavy atom. The van der Waals surface area contributed by atoms with Crippen LogP contribution in [0.25, 0.3) is 0 Å². The van der Waals surface area contributed by atoms with E-state index in [1.165, 1.54) is 9.80 Å². The first-order valence-electron chi connectivity index (χ1n) is 7.28. The fraction of sp³-hybridized carbons (Fsp3) is 0.235. The number of carbonyl (C=O) groups excluding carboxylic acids is 1. The van der Waals surface area contributed by atoms with Crippen LogP contribution in [0, 0.1) is 11.8 Å². The number of piperazine rings is 1. The number of hydrogen-bond acceptors (Lipinski definition) is 4. The molecule has 2 heterocycles. The van der Waals surface area contributed by atoms with Crippen molar-refractivity contribution in [1.29, 1.82) is 0 Å². The van der Waals surface area contributed by atoms with Crippen LogP contribution in [0.5, 0.6) is 0 Å². The van der Waals surface area contributed by atoms with Crippen LogP contribution in [0.3, 0.4) is 0 Å². The van der Waals surface area contributed by atoms with E-state index >= 15 is 0 Å². The monoisotopic (exact) mass is 310 g/mol. The Hall–Kier alpha value is -2.94. The molecule has 1 aromatic heterocycles. The fourth-order valence-corrected chi connectivity index (χ4v) is 2.32. The van der Waals surface area contributed by atoms with Crippen LogP contribution in [0.1, 0.15) is 5.56 Å². The quantitative estimate of drug-likeness (QED) is 0.591. The third-order valence-electron chi connectivity index (χ3n) is 3.50. The van der Waals surface area contributed by atoms with Gasteiger partial charge in [0.25, 0.3) is 5.91 Å². The van der Waals surface area contributed by atoms with E-state index in [9.17, 15) is 9.18 Å².